The van der Waals surface area contributed by atoms with E-state index in [1.807, 2.05) is 13.0 Å². The molecule has 0 saturated carbocycles. The van der Waals surface area contributed by atoms with Crippen LogP contribution in [0.15, 0.2) is 36.8 Å². The molecule has 0 radical (unpaired) electrons. The molecule has 0 bridgehead atoms. The molecule has 1 heterocycles. The molecule has 0 aliphatic carbocycles. The van der Waals surface area contributed by atoms with Gasteiger partial charge in [-0.3, -0.25) is 9.97 Å². The van der Waals surface area contributed by atoms with Crippen LogP contribution in [0.2, 0.25) is 0 Å². The lowest BCUT2D eigenvalue weighted by molar-refractivity contribution is 0.593. The van der Waals surface area contributed by atoms with Gasteiger partial charge in [-0.25, -0.2) is 4.39 Å². The highest BCUT2D eigenvalue weighted by atomic mass is 19.1. The van der Waals surface area contributed by atoms with Gasteiger partial charge in [0.1, 0.15) is 5.82 Å². The maximum Gasteiger partial charge on any atom is 0.127 e. The first-order chi connectivity index (χ1) is 8.31. The Kier molecular flexibility index (Phi) is 3.77. The van der Waals surface area contributed by atoms with Crippen LogP contribution in [0.25, 0.3) is 11.3 Å². The zero-order valence-electron chi connectivity index (χ0n) is 9.65. The topological polar surface area (TPSA) is 37.8 Å². The second-order valence-corrected chi connectivity index (χ2v) is 3.68. The van der Waals surface area contributed by atoms with Crippen LogP contribution in [0.3, 0.4) is 0 Å². The first-order valence-corrected chi connectivity index (χ1v) is 5.56. The number of benzene rings is 1. The Morgan fingerprint density at radius 3 is 2.88 bits per heavy atom. The van der Waals surface area contributed by atoms with E-state index in [1.54, 1.807) is 24.7 Å². The Morgan fingerprint density at radius 2 is 2.18 bits per heavy atom. The predicted molar refractivity (Wildman–Crippen MR) is 64.8 cm³/mol. The van der Waals surface area contributed by atoms with Crippen LogP contribution < -0.4 is 5.32 Å². The standard InChI is InChI=1S/C13H14FN3/c1-2-15-8-11-7-10(3-4-12(11)14)13-9-16-5-6-17-13/h3-7,9,15H,2,8H2,1H3. The van der Waals surface area contributed by atoms with Gasteiger partial charge in [0.2, 0.25) is 0 Å². The average molecular weight is 231 g/mol. The molecule has 0 aliphatic heterocycles. The van der Waals surface area contributed by atoms with Crippen molar-refractivity contribution in [2.75, 3.05) is 6.54 Å². The Morgan fingerprint density at radius 1 is 1.29 bits per heavy atom. The van der Waals surface area contributed by atoms with E-state index in [0.717, 1.165) is 17.8 Å². The highest BCUT2D eigenvalue weighted by Crippen LogP contribution is 2.19. The minimum absolute atomic E-state index is 0.196. The Labute approximate surface area is 99.7 Å². The van der Waals surface area contributed by atoms with E-state index in [-0.39, 0.29) is 5.82 Å². The number of rotatable bonds is 4. The van der Waals surface area contributed by atoms with Gasteiger partial charge in [0.15, 0.2) is 0 Å². The van der Waals surface area contributed by atoms with Gasteiger partial charge < -0.3 is 5.32 Å². The summed E-state index contributed by atoms with van der Waals surface area (Å²) in [5, 5.41) is 3.11. The summed E-state index contributed by atoms with van der Waals surface area (Å²) in [4.78, 5) is 8.20. The van der Waals surface area contributed by atoms with Gasteiger partial charge in [-0.05, 0) is 24.7 Å². The number of aromatic nitrogens is 2. The highest BCUT2D eigenvalue weighted by molar-refractivity contribution is 5.58. The summed E-state index contributed by atoms with van der Waals surface area (Å²) in [6, 6.07) is 4.99. The first-order valence-electron chi connectivity index (χ1n) is 5.56. The van der Waals surface area contributed by atoms with Gasteiger partial charge in [-0.2, -0.15) is 0 Å². The smallest absolute Gasteiger partial charge is 0.127 e. The molecule has 1 aromatic heterocycles. The Balaban J connectivity index is 2.31. The molecule has 2 aromatic rings. The number of hydrogen-bond acceptors (Lipinski definition) is 3. The third kappa shape index (κ3) is 2.85. The minimum atomic E-state index is -0.196. The molecule has 0 aliphatic rings. The summed E-state index contributed by atoms with van der Waals surface area (Å²) >= 11 is 0. The molecule has 4 heteroatoms. The fourth-order valence-corrected chi connectivity index (χ4v) is 1.58. The first kappa shape index (κ1) is 11.7. The van der Waals surface area contributed by atoms with Gasteiger partial charge in [0, 0.05) is 30.1 Å². The number of hydrogen-bond donors (Lipinski definition) is 1. The summed E-state index contributed by atoms with van der Waals surface area (Å²) in [5.74, 6) is -0.196. The lowest BCUT2D eigenvalue weighted by atomic mass is 10.1. The van der Waals surface area contributed by atoms with E-state index < -0.39 is 0 Å². The summed E-state index contributed by atoms with van der Waals surface area (Å²) < 4.78 is 13.5. The fourth-order valence-electron chi connectivity index (χ4n) is 1.58. The summed E-state index contributed by atoms with van der Waals surface area (Å²) in [6.07, 6.45) is 4.92. The zero-order valence-corrected chi connectivity index (χ0v) is 9.65. The summed E-state index contributed by atoms with van der Waals surface area (Å²) in [6.45, 7) is 3.33. The van der Waals surface area contributed by atoms with E-state index in [9.17, 15) is 4.39 Å². The van der Waals surface area contributed by atoms with Crippen molar-refractivity contribution in [1.29, 1.82) is 0 Å². The van der Waals surface area contributed by atoms with Crippen LogP contribution in [-0.2, 0) is 6.54 Å². The largest absolute Gasteiger partial charge is 0.313 e. The monoisotopic (exact) mass is 231 g/mol. The Hall–Kier alpha value is -1.81. The lowest BCUT2D eigenvalue weighted by Crippen LogP contribution is -2.13. The maximum absolute atomic E-state index is 13.5. The van der Waals surface area contributed by atoms with Crippen molar-refractivity contribution in [3.05, 3.63) is 48.2 Å². The van der Waals surface area contributed by atoms with Crippen LogP contribution in [0.1, 0.15) is 12.5 Å². The van der Waals surface area contributed by atoms with Gasteiger partial charge in [0.25, 0.3) is 0 Å². The molecule has 0 amide bonds. The molecule has 88 valence electrons. The van der Waals surface area contributed by atoms with Crippen molar-refractivity contribution in [3.63, 3.8) is 0 Å². The molecular formula is C13H14FN3. The van der Waals surface area contributed by atoms with E-state index in [0.29, 0.717) is 12.1 Å². The molecular weight excluding hydrogens is 217 g/mol. The van der Waals surface area contributed by atoms with Crippen LogP contribution in [0.4, 0.5) is 4.39 Å². The molecule has 0 unspecified atom stereocenters. The number of nitrogens with one attached hydrogen (secondary N) is 1. The van der Waals surface area contributed by atoms with Gasteiger partial charge in [0.05, 0.1) is 11.9 Å². The van der Waals surface area contributed by atoms with Crippen LogP contribution in [0.5, 0.6) is 0 Å². The summed E-state index contributed by atoms with van der Waals surface area (Å²) in [7, 11) is 0. The van der Waals surface area contributed by atoms with E-state index in [2.05, 4.69) is 15.3 Å². The van der Waals surface area contributed by atoms with Crippen LogP contribution in [0, 0.1) is 5.82 Å². The molecule has 0 fully saturated rings. The maximum atomic E-state index is 13.5. The molecule has 0 atom stereocenters. The quantitative estimate of drug-likeness (QED) is 0.878. The van der Waals surface area contributed by atoms with E-state index >= 15 is 0 Å². The fraction of sp³-hybridized carbons (Fsp3) is 0.231. The van der Waals surface area contributed by atoms with Gasteiger partial charge in [-0.1, -0.05) is 6.92 Å². The predicted octanol–water partition coefficient (Wildman–Crippen LogP) is 2.39. The normalized spacial score (nSPS) is 10.5. The molecule has 0 spiro atoms. The second kappa shape index (κ2) is 5.50. The summed E-state index contributed by atoms with van der Waals surface area (Å²) in [5.41, 5.74) is 2.28. The molecule has 2 rings (SSSR count). The van der Waals surface area contributed by atoms with Crippen molar-refractivity contribution in [2.24, 2.45) is 0 Å². The molecule has 1 aromatic carbocycles. The lowest BCUT2D eigenvalue weighted by Gasteiger charge is -2.06. The van der Waals surface area contributed by atoms with Crippen molar-refractivity contribution < 1.29 is 4.39 Å². The van der Waals surface area contributed by atoms with Crippen molar-refractivity contribution in [3.8, 4) is 11.3 Å². The number of halogens is 1. The second-order valence-electron chi connectivity index (χ2n) is 3.68. The van der Waals surface area contributed by atoms with E-state index in [1.165, 1.54) is 6.07 Å². The van der Waals surface area contributed by atoms with Gasteiger partial charge >= 0.3 is 0 Å². The molecule has 1 N–H and O–H groups in total. The molecule has 0 saturated heterocycles. The number of nitrogens with zero attached hydrogens (tertiary/aromatic N) is 2. The minimum Gasteiger partial charge on any atom is -0.313 e. The molecule has 17 heavy (non-hydrogen) atoms. The SMILES string of the molecule is CCNCc1cc(-c2cnccn2)ccc1F. The third-order valence-corrected chi connectivity index (χ3v) is 2.47. The average Bonchev–Trinajstić information content (AvgIpc) is 2.39. The van der Waals surface area contributed by atoms with E-state index in [4.69, 9.17) is 0 Å². The third-order valence-electron chi connectivity index (χ3n) is 2.47. The molecule has 3 nitrogen and oxygen atoms in total. The van der Waals surface area contributed by atoms with Crippen LogP contribution in [-0.4, -0.2) is 16.5 Å². The van der Waals surface area contributed by atoms with Crippen molar-refractivity contribution in [2.45, 2.75) is 13.5 Å². The zero-order chi connectivity index (χ0) is 12.1. The highest BCUT2D eigenvalue weighted by Gasteiger charge is 2.05. The van der Waals surface area contributed by atoms with Gasteiger partial charge in [-0.15, -0.1) is 0 Å². The van der Waals surface area contributed by atoms with Crippen molar-refractivity contribution >= 4 is 0 Å². The Bertz CT molecular complexity index is 485. The van der Waals surface area contributed by atoms with Crippen LogP contribution >= 0.6 is 0 Å². The van der Waals surface area contributed by atoms with Crippen molar-refractivity contribution in [1.82, 2.24) is 15.3 Å².